The number of allylic oxidation sites excluding steroid dienone is 1. The van der Waals surface area contributed by atoms with Gasteiger partial charge < -0.3 is 25.2 Å². The SMILES string of the molecule is CC(C)=C(N=[N+]=[N-])[C@@H](O)[C@H]1O[C@H](O)[C@H](O)[C@H]1O. The van der Waals surface area contributed by atoms with E-state index in [-0.39, 0.29) is 5.70 Å². The van der Waals surface area contributed by atoms with Crippen molar-refractivity contribution in [3.63, 3.8) is 0 Å². The Morgan fingerprint density at radius 1 is 1.29 bits per heavy atom. The van der Waals surface area contributed by atoms with E-state index in [1.54, 1.807) is 13.8 Å². The van der Waals surface area contributed by atoms with E-state index in [1.165, 1.54) is 0 Å². The molecule has 0 unspecified atom stereocenters. The van der Waals surface area contributed by atoms with Crippen molar-refractivity contribution in [1.29, 1.82) is 0 Å². The summed E-state index contributed by atoms with van der Waals surface area (Å²) >= 11 is 0. The molecule has 96 valence electrons. The van der Waals surface area contributed by atoms with E-state index in [0.717, 1.165) is 0 Å². The van der Waals surface area contributed by atoms with Crippen LogP contribution >= 0.6 is 0 Å². The molecule has 0 aromatic heterocycles. The van der Waals surface area contributed by atoms with Crippen LogP contribution in [0.15, 0.2) is 16.4 Å². The van der Waals surface area contributed by atoms with Gasteiger partial charge in [0.1, 0.15) is 24.4 Å². The maximum atomic E-state index is 9.89. The van der Waals surface area contributed by atoms with Gasteiger partial charge in [0.15, 0.2) is 6.29 Å². The maximum Gasteiger partial charge on any atom is 0.184 e. The predicted octanol–water partition coefficient (Wildman–Crippen LogP) is -0.610. The standard InChI is InChI=1S/C9H15N3O5/c1-3(2)4(11-12-10)5(13)8-6(14)7(15)9(16)17-8/h5-9,13-16H,1-2H3/t5-,6-,7-,8-,9+/m1/s1. The largest absolute Gasteiger partial charge is 0.387 e. The summed E-state index contributed by atoms with van der Waals surface area (Å²) in [6.07, 6.45) is -7.19. The Morgan fingerprint density at radius 2 is 1.88 bits per heavy atom. The van der Waals surface area contributed by atoms with Crippen LogP contribution in [-0.4, -0.2) is 51.1 Å². The molecule has 0 bridgehead atoms. The molecule has 1 heterocycles. The average molecular weight is 245 g/mol. The van der Waals surface area contributed by atoms with Crippen LogP contribution in [0.3, 0.4) is 0 Å². The highest BCUT2D eigenvalue weighted by Crippen LogP contribution is 2.26. The lowest BCUT2D eigenvalue weighted by molar-refractivity contribution is -0.141. The van der Waals surface area contributed by atoms with Gasteiger partial charge >= 0.3 is 0 Å². The second-order valence-electron chi connectivity index (χ2n) is 3.99. The van der Waals surface area contributed by atoms with E-state index < -0.39 is 30.7 Å². The van der Waals surface area contributed by atoms with Crippen molar-refractivity contribution >= 4 is 0 Å². The van der Waals surface area contributed by atoms with Gasteiger partial charge in [-0.15, -0.1) is 0 Å². The number of rotatable bonds is 3. The summed E-state index contributed by atoms with van der Waals surface area (Å²) in [5.74, 6) is 0. The molecule has 1 saturated heterocycles. The number of ether oxygens (including phenoxy) is 1. The molecule has 0 spiro atoms. The lowest BCUT2D eigenvalue weighted by Crippen LogP contribution is -2.39. The van der Waals surface area contributed by atoms with Gasteiger partial charge in [0.25, 0.3) is 0 Å². The molecule has 0 saturated carbocycles. The topological polar surface area (TPSA) is 139 Å². The first-order chi connectivity index (χ1) is 7.90. The number of nitrogens with zero attached hydrogens (tertiary/aromatic N) is 3. The van der Waals surface area contributed by atoms with Gasteiger partial charge in [-0.3, -0.25) is 0 Å². The van der Waals surface area contributed by atoms with Crippen LogP contribution in [0.1, 0.15) is 13.8 Å². The third kappa shape index (κ3) is 2.75. The normalized spacial score (nSPS) is 34.0. The average Bonchev–Trinajstić information content (AvgIpc) is 2.52. The molecular weight excluding hydrogens is 230 g/mol. The summed E-state index contributed by atoms with van der Waals surface area (Å²) < 4.78 is 4.81. The Labute approximate surface area is 97.4 Å². The van der Waals surface area contributed by atoms with Crippen molar-refractivity contribution in [1.82, 2.24) is 0 Å². The highest BCUT2D eigenvalue weighted by atomic mass is 16.6. The van der Waals surface area contributed by atoms with Gasteiger partial charge in [-0.1, -0.05) is 10.7 Å². The van der Waals surface area contributed by atoms with Crippen molar-refractivity contribution < 1.29 is 25.2 Å². The second kappa shape index (κ2) is 5.46. The fraction of sp³-hybridized carbons (Fsp3) is 0.778. The second-order valence-corrected chi connectivity index (χ2v) is 3.99. The molecule has 5 atom stereocenters. The minimum atomic E-state index is -1.57. The van der Waals surface area contributed by atoms with E-state index in [2.05, 4.69) is 10.0 Å². The first-order valence-corrected chi connectivity index (χ1v) is 5.00. The van der Waals surface area contributed by atoms with Crippen LogP contribution in [0.4, 0.5) is 0 Å². The van der Waals surface area contributed by atoms with Crippen molar-refractivity contribution in [2.24, 2.45) is 5.11 Å². The lowest BCUT2D eigenvalue weighted by atomic mass is 10.0. The number of aliphatic hydroxyl groups excluding tert-OH is 4. The summed E-state index contributed by atoms with van der Waals surface area (Å²) in [6, 6.07) is 0. The lowest BCUT2D eigenvalue weighted by Gasteiger charge is -2.21. The van der Waals surface area contributed by atoms with Gasteiger partial charge in [0.05, 0.1) is 0 Å². The van der Waals surface area contributed by atoms with Crippen molar-refractivity contribution in [3.8, 4) is 0 Å². The third-order valence-corrected chi connectivity index (χ3v) is 2.53. The first kappa shape index (κ1) is 13.9. The highest BCUT2D eigenvalue weighted by molar-refractivity contribution is 5.17. The molecule has 1 fully saturated rings. The molecule has 0 amide bonds. The van der Waals surface area contributed by atoms with Gasteiger partial charge in [0.2, 0.25) is 0 Å². The van der Waals surface area contributed by atoms with Crippen LogP contribution in [0.2, 0.25) is 0 Å². The smallest absolute Gasteiger partial charge is 0.184 e. The molecule has 0 aromatic carbocycles. The highest BCUT2D eigenvalue weighted by Gasteiger charge is 2.46. The molecule has 4 N–H and O–H groups in total. The number of hydrogen-bond acceptors (Lipinski definition) is 6. The van der Waals surface area contributed by atoms with E-state index in [4.69, 9.17) is 10.3 Å². The first-order valence-electron chi connectivity index (χ1n) is 5.00. The van der Waals surface area contributed by atoms with Crippen LogP contribution in [-0.2, 0) is 4.74 Å². The summed E-state index contributed by atoms with van der Waals surface area (Å²) in [7, 11) is 0. The van der Waals surface area contributed by atoms with Gasteiger partial charge in [-0.05, 0) is 19.4 Å². The molecular formula is C9H15N3O5. The zero-order valence-electron chi connectivity index (χ0n) is 9.43. The summed E-state index contributed by atoms with van der Waals surface area (Å²) in [6.45, 7) is 3.23. The number of aliphatic hydroxyl groups is 4. The van der Waals surface area contributed by atoms with Crippen LogP contribution in [0.5, 0.6) is 0 Å². The Balaban J connectivity index is 2.94. The molecule has 17 heavy (non-hydrogen) atoms. The van der Waals surface area contributed by atoms with Crippen LogP contribution in [0.25, 0.3) is 10.4 Å². The summed E-state index contributed by atoms with van der Waals surface area (Å²) in [4.78, 5) is 2.56. The van der Waals surface area contributed by atoms with Gasteiger partial charge in [-0.25, -0.2) is 0 Å². The summed E-state index contributed by atoms with van der Waals surface area (Å²) in [5.41, 5.74) is 8.90. The molecule has 1 aliphatic rings. The monoisotopic (exact) mass is 245 g/mol. The van der Waals surface area contributed by atoms with Gasteiger partial charge in [0, 0.05) is 10.6 Å². The minimum absolute atomic E-state index is 0.00199. The zero-order chi connectivity index (χ0) is 13.2. The van der Waals surface area contributed by atoms with Crippen LogP contribution in [0, 0.1) is 0 Å². The zero-order valence-corrected chi connectivity index (χ0v) is 9.43. The fourth-order valence-corrected chi connectivity index (χ4v) is 1.60. The predicted molar refractivity (Wildman–Crippen MR) is 56.4 cm³/mol. The molecule has 8 heteroatoms. The van der Waals surface area contributed by atoms with Crippen molar-refractivity contribution in [3.05, 3.63) is 21.7 Å². The Morgan fingerprint density at radius 3 is 2.24 bits per heavy atom. The molecule has 8 nitrogen and oxygen atoms in total. The van der Waals surface area contributed by atoms with E-state index >= 15 is 0 Å². The Hall–Kier alpha value is -1.15. The molecule has 0 aliphatic carbocycles. The molecule has 1 rings (SSSR count). The minimum Gasteiger partial charge on any atom is -0.387 e. The number of hydrogen-bond donors (Lipinski definition) is 4. The van der Waals surface area contributed by atoms with Crippen molar-refractivity contribution in [2.45, 2.75) is 44.6 Å². The van der Waals surface area contributed by atoms with E-state index in [0.29, 0.717) is 5.57 Å². The summed E-state index contributed by atoms with van der Waals surface area (Å²) in [5, 5.41) is 41.2. The fourth-order valence-electron chi connectivity index (χ4n) is 1.60. The van der Waals surface area contributed by atoms with Crippen LogP contribution < -0.4 is 0 Å². The van der Waals surface area contributed by atoms with Crippen molar-refractivity contribution in [2.75, 3.05) is 0 Å². The van der Waals surface area contributed by atoms with Gasteiger partial charge in [-0.2, -0.15) is 0 Å². The van der Waals surface area contributed by atoms with E-state index in [1.807, 2.05) is 0 Å². The molecule has 0 radical (unpaired) electrons. The third-order valence-electron chi connectivity index (χ3n) is 2.53. The molecule has 1 aliphatic heterocycles. The number of azide groups is 1. The quantitative estimate of drug-likeness (QED) is 0.298. The van der Waals surface area contributed by atoms with E-state index in [9.17, 15) is 20.4 Å². The maximum absolute atomic E-state index is 9.89. The Bertz CT molecular complexity index is 362. The Kier molecular flexibility index (Phi) is 4.47. The molecule has 0 aromatic rings.